The van der Waals surface area contributed by atoms with Crippen LogP contribution in [0.5, 0.6) is 0 Å². The number of aromatic nitrogens is 4. The quantitative estimate of drug-likeness (QED) is 0.871. The fourth-order valence-corrected chi connectivity index (χ4v) is 2.26. The van der Waals surface area contributed by atoms with Crippen molar-refractivity contribution in [2.45, 2.75) is 33.6 Å². The Morgan fingerprint density at radius 3 is 2.78 bits per heavy atom. The van der Waals surface area contributed by atoms with Gasteiger partial charge in [0, 0.05) is 18.2 Å². The lowest BCUT2D eigenvalue weighted by Crippen LogP contribution is -2.20. The average Bonchev–Trinajstić information content (AvgIpc) is 2.70. The molecule has 0 aliphatic carbocycles. The highest BCUT2D eigenvalue weighted by atomic mass is 15.3. The fraction of sp³-hybridized carbons (Fsp3) is 0.615. The molecule has 1 atom stereocenters. The first-order valence-electron chi connectivity index (χ1n) is 6.46. The van der Waals surface area contributed by atoms with Crippen LogP contribution in [-0.2, 0) is 6.42 Å². The Morgan fingerprint density at radius 1 is 1.33 bits per heavy atom. The van der Waals surface area contributed by atoms with Crippen LogP contribution in [0.4, 0.5) is 0 Å². The van der Waals surface area contributed by atoms with Gasteiger partial charge in [-0.3, -0.25) is 4.40 Å². The van der Waals surface area contributed by atoms with Crippen molar-refractivity contribution >= 4 is 5.65 Å². The van der Waals surface area contributed by atoms with Crippen LogP contribution in [0.25, 0.3) is 5.65 Å². The summed E-state index contributed by atoms with van der Waals surface area (Å²) in [5.41, 5.74) is 7.65. The van der Waals surface area contributed by atoms with E-state index in [0.29, 0.717) is 18.4 Å². The van der Waals surface area contributed by atoms with Gasteiger partial charge in [0.15, 0.2) is 5.65 Å². The van der Waals surface area contributed by atoms with Crippen molar-refractivity contribution in [2.75, 3.05) is 6.54 Å². The summed E-state index contributed by atoms with van der Waals surface area (Å²) in [4.78, 5) is 4.29. The second-order valence-corrected chi connectivity index (χ2v) is 5.31. The number of rotatable bonds is 5. The third-order valence-corrected chi connectivity index (χ3v) is 3.12. The molecular weight excluding hydrogens is 226 g/mol. The molecule has 98 valence electrons. The van der Waals surface area contributed by atoms with Crippen LogP contribution in [0.15, 0.2) is 12.4 Å². The Kier molecular flexibility index (Phi) is 3.91. The summed E-state index contributed by atoms with van der Waals surface area (Å²) in [6.45, 7) is 7.08. The van der Waals surface area contributed by atoms with Crippen LogP contribution in [0.3, 0.4) is 0 Å². The van der Waals surface area contributed by atoms with E-state index in [1.54, 1.807) is 6.33 Å². The van der Waals surface area contributed by atoms with Gasteiger partial charge >= 0.3 is 0 Å². The van der Waals surface area contributed by atoms with Gasteiger partial charge in [-0.1, -0.05) is 13.8 Å². The Bertz CT molecular complexity index is 517. The molecule has 1 unspecified atom stereocenters. The molecular formula is C13H21N5. The van der Waals surface area contributed by atoms with E-state index < -0.39 is 0 Å². The van der Waals surface area contributed by atoms with Gasteiger partial charge in [0.1, 0.15) is 12.2 Å². The highest BCUT2D eigenvalue weighted by molar-refractivity contribution is 5.38. The normalized spacial score (nSPS) is 13.4. The third kappa shape index (κ3) is 2.85. The number of nitrogens with two attached hydrogens (primary N) is 1. The molecule has 0 saturated heterocycles. The van der Waals surface area contributed by atoms with Crippen molar-refractivity contribution in [3.8, 4) is 0 Å². The van der Waals surface area contributed by atoms with Crippen molar-refractivity contribution in [3.63, 3.8) is 0 Å². The minimum absolute atomic E-state index is 0.457. The van der Waals surface area contributed by atoms with E-state index in [0.717, 1.165) is 30.0 Å². The van der Waals surface area contributed by atoms with Crippen LogP contribution in [0.2, 0.25) is 0 Å². The largest absolute Gasteiger partial charge is 0.330 e. The molecule has 0 aromatic carbocycles. The van der Waals surface area contributed by atoms with Gasteiger partial charge in [-0.2, -0.15) is 0 Å². The first kappa shape index (κ1) is 13.0. The summed E-state index contributed by atoms with van der Waals surface area (Å²) < 4.78 is 1.95. The van der Waals surface area contributed by atoms with E-state index in [-0.39, 0.29) is 0 Å². The Hall–Kier alpha value is -1.49. The van der Waals surface area contributed by atoms with E-state index in [1.165, 1.54) is 0 Å². The molecule has 0 amide bonds. The molecule has 0 fully saturated rings. The topological polar surface area (TPSA) is 69.1 Å². The van der Waals surface area contributed by atoms with E-state index in [1.807, 2.05) is 17.4 Å². The maximum absolute atomic E-state index is 5.83. The molecule has 0 spiro atoms. The first-order chi connectivity index (χ1) is 8.60. The van der Waals surface area contributed by atoms with Crippen molar-refractivity contribution < 1.29 is 0 Å². The van der Waals surface area contributed by atoms with Gasteiger partial charge in [0.05, 0.1) is 0 Å². The predicted molar refractivity (Wildman–Crippen MR) is 71.2 cm³/mol. The summed E-state index contributed by atoms with van der Waals surface area (Å²) in [6.07, 6.45) is 3.77. The van der Waals surface area contributed by atoms with Gasteiger partial charge in [-0.15, -0.1) is 10.2 Å². The van der Waals surface area contributed by atoms with Crippen LogP contribution < -0.4 is 5.73 Å². The SMILES string of the molecule is Cc1cc2nnc(CC(CN)CC(C)C)n2cn1. The zero-order valence-corrected chi connectivity index (χ0v) is 11.3. The molecule has 0 saturated carbocycles. The molecule has 2 aromatic rings. The molecule has 5 heteroatoms. The molecule has 2 N–H and O–H groups in total. The number of fused-ring (bicyclic) bond motifs is 1. The van der Waals surface area contributed by atoms with Crippen LogP contribution in [0, 0.1) is 18.8 Å². The molecule has 0 bridgehead atoms. The number of nitrogens with zero attached hydrogens (tertiary/aromatic N) is 4. The van der Waals surface area contributed by atoms with E-state index >= 15 is 0 Å². The molecule has 0 radical (unpaired) electrons. The minimum Gasteiger partial charge on any atom is -0.330 e. The van der Waals surface area contributed by atoms with Gasteiger partial charge in [0.2, 0.25) is 0 Å². The van der Waals surface area contributed by atoms with Crippen LogP contribution in [0.1, 0.15) is 31.8 Å². The zero-order valence-electron chi connectivity index (χ0n) is 11.3. The third-order valence-electron chi connectivity index (χ3n) is 3.12. The molecule has 2 aromatic heterocycles. The second-order valence-electron chi connectivity index (χ2n) is 5.31. The van der Waals surface area contributed by atoms with Crippen molar-refractivity contribution in [2.24, 2.45) is 17.6 Å². The number of hydrogen-bond donors (Lipinski definition) is 1. The highest BCUT2D eigenvalue weighted by Crippen LogP contribution is 2.16. The van der Waals surface area contributed by atoms with Crippen molar-refractivity contribution in [1.82, 2.24) is 19.6 Å². The predicted octanol–water partition coefficient (Wildman–Crippen LogP) is 1.60. The monoisotopic (exact) mass is 247 g/mol. The Morgan fingerprint density at radius 2 is 2.11 bits per heavy atom. The molecule has 5 nitrogen and oxygen atoms in total. The minimum atomic E-state index is 0.457. The van der Waals surface area contributed by atoms with Crippen LogP contribution in [-0.4, -0.2) is 26.1 Å². The zero-order chi connectivity index (χ0) is 13.1. The van der Waals surface area contributed by atoms with Crippen LogP contribution >= 0.6 is 0 Å². The van der Waals surface area contributed by atoms with E-state index in [2.05, 4.69) is 29.0 Å². The number of aryl methyl sites for hydroxylation is 1. The highest BCUT2D eigenvalue weighted by Gasteiger charge is 2.14. The molecule has 0 aliphatic rings. The fourth-order valence-electron chi connectivity index (χ4n) is 2.26. The maximum Gasteiger partial charge on any atom is 0.163 e. The smallest absolute Gasteiger partial charge is 0.163 e. The van der Waals surface area contributed by atoms with Crippen molar-refractivity contribution in [1.29, 1.82) is 0 Å². The molecule has 0 aliphatic heterocycles. The summed E-state index contributed by atoms with van der Waals surface area (Å²) in [7, 11) is 0. The molecule has 2 heterocycles. The van der Waals surface area contributed by atoms with Gasteiger partial charge in [-0.05, 0) is 31.7 Å². The second kappa shape index (κ2) is 5.44. The summed E-state index contributed by atoms with van der Waals surface area (Å²) >= 11 is 0. The molecule has 18 heavy (non-hydrogen) atoms. The standard InChI is InChI=1S/C13H21N5/c1-9(2)4-11(7-14)6-13-17-16-12-5-10(3)15-8-18(12)13/h5,8-9,11H,4,6-7,14H2,1-3H3. The summed E-state index contributed by atoms with van der Waals surface area (Å²) in [5.74, 6) is 2.06. The summed E-state index contributed by atoms with van der Waals surface area (Å²) in [6, 6.07) is 1.94. The lowest BCUT2D eigenvalue weighted by atomic mass is 9.94. The van der Waals surface area contributed by atoms with Gasteiger partial charge < -0.3 is 5.73 Å². The lowest BCUT2D eigenvalue weighted by Gasteiger charge is -2.15. The van der Waals surface area contributed by atoms with E-state index in [9.17, 15) is 0 Å². The Labute approximate surface area is 107 Å². The number of hydrogen-bond acceptors (Lipinski definition) is 4. The van der Waals surface area contributed by atoms with E-state index in [4.69, 9.17) is 5.73 Å². The Balaban J connectivity index is 2.20. The van der Waals surface area contributed by atoms with Gasteiger partial charge in [-0.25, -0.2) is 4.98 Å². The average molecular weight is 247 g/mol. The maximum atomic E-state index is 5.83. The lowest BCUT2D eigenvalue weighted by molar-refractivity contribution is 0.407. The van der Waals surface area contributed by atoms with Gasteiger partial charge in [0.25, 0.3) is 0 Å². The molecule has 2 rings (SSSR count). The summed E-state index contributed by atoms with van der Waals surface area (Å²) in [5, 5.41) is 8.43. The first-order valence-corrected chi connectivity index (χ1v) is 6.46. The van der Waals surface area contributed by atoms with Crippen molar-refractivity contribution in [3.05, 3.63) is 23.9 Å².